The second-order valence-electron chi connectivity index (χ2n) is 14.0. The van der Waals surface area contributed by atoms with Gasteiger partial charge in [0.25, 0.3) is 0 Å². The number of rotatable bonds is 13. The number of nitrogen functional groups attached to an aromatic ring is 1. The van der Waals surface area contributed by atoms with Gasteiger partial charge in [0.2, 0.25) is 5.91 Å². The van der Waals surface area contributed by atoms with Crippen molar-refractivity contribution in [2.75, 3.05) is 18.9 Å². The molecule has 0 aliphatic heterocycles. The second kappa shape index (κ2) is 19.1. The molecule has 1 aliphatic rings. The molecule has 0 spiro atoms. The quantitative estimate of drug-likeness (QED) is 0.0597. The molecule has 0 bridgehead atoms. The number of anilines is 1. The van der Waals surface area contributed by atoms with Crippen LogP contribution >= 0.6 is 0 Å². The van der Waals surface area contributed by atoms with Crippen LogP contribution in [0.15, 0.2) is 146 Å². The van der Waals surface area contributed by atoms with Crippen molar-refractivity contribution in [3.05, 3.63) is 185 Å². The van der Waals surface area contributed by atoms with Crippen molar-refractivity contribution in [1.82, 2.24) is 4.90 Å². The fourth-order valence-electron chi connectivity index (χ4n) is 7.25. The van der Waals surface area contributed by atoms with Gasteiger partial charge in [-0.1, -0.05) is 152 Å². The number of carbonyl (C=O) groups is 5. The Morgan fingerprint density at radius 2 is 1.22 bits per heavy atom. The van der Waals surface area contributed by atoms with Crippen LogP contribution in [0.5, 0.6) is 0 Å². The van der Waals surface area contributed by atoms with Gasteiger partial charge in [-0.3, -0.25) is 19.3 Å². The fourth-order valence-corrected chi connectivity index (χ4v) is 7.25. The molecular formula is C50H43N3O7. The van der Waals surface area contributed by atoms with Crippen molar-refractivity contribution in [3.63, 3.8) is 0 Å². The maximum Gasteiger partial charge on any atom is 0.411 e. The summed E-state index contributed by atoms with van der Waals surface area (Å²) >= 11 is 0. The van der Waals surface area contributed by atoms with Gasteiger partial charge in [0.1, 0.15) is 12.6 Å². The smallest absolute Gasteiger partial charge is 0.411 e. The number of ketones is 2. The van der Waals surface area contributed by atoms with Crippen LogP contribution in [-0.2, 0) is 20.7 Å². The Bertz CT molecular complexity index is 2540. The third kappa shape index (κ3) is 9.17. The van der Waals surface area contributed by atoms with E-state index in [9.17, 15) is 29.1 Å². The predicted octanol–water partition coefficient (Wildman–Crippen LogP) is 8.16. The van der Waals surface area contributed by atoms with E-state index >= 15 is 0 Å². The highest BCUT2D eigenvalue weighted by molar-refractivity contribution is 6.15. The summed E-state index contributed by atoms with van der Waals surface area (Å²) in [4.78, 5) is 64.4. The van der Waals surface area contributed by atoms with Gasteiger partial charge in [-0.05, 0) is 39.4 Å². The minimum Gasteiger partial charge on any atom is -0.480 e. The number of nitrogens with two attached hydrogens (primary N) is 2. The van der Waals surface area contributed by atoms with Gasteiger partial charge in [0.05, 0.1) is 6.54 Å². The molecule has 6 aromatic carbocycles. The third-order valence-electron chi connectivity index (χ3n) is 10.3. The SMILES string of the molecule is C#CCN(C(=O)OCC1c2ccccc2-c2ccccc21)[C@@H](Cc1ccc(C(=O)c2ccccc2)c(-c2ccc(C(=O)c3ccccc3)cc2)c1N)C(=O)O.CCC(N)=O. The summed E-state index contributed by atoms with van der Waals surface area (Å²) in [6.45, 7) is 1.37. The first-order valence-electron chi connectivity index (χ1n) is 19.3. The lowest BCUT2D eigenvalue weighted by Crippen LogP contribution is -2.47. The molecule has 1 aliphatic carbocycles. The molecule has 0 heterocycles. The molecule has 7 rings (SSSR count). The van der Waals surface area contributed by atoms with Crippen molar-refractivity contribution in [3.8, 4) is 34.6 Å². The van der Waals surface area contributed by atoms with E-state index in [1.807, 2.05) is 60.7 Å². The maximum atomic E-state index is 13.9. The molecule has 0 radical (unpaired) electrons. The summed E-state index contributed by atoms with van der Waals surface area (Å²) in [5.74, 6) is 0.156. The highest BCUT2D eigenvalue weighted by atomic mass is 16.6. The highest BCUT2D eigenvalue weighted by Crippen LogP contribution is 2.44. The second-order valence-corrected chi connectivity index (χ2v) is 14.0. The van der Waals surface area contributed by atoms with Crippen molar-refractivity contribution in [2.45, 2.75) is 31.7 Å². The van der Waals surface area contributed by atoms with Gasteiger partial charge < -0.3 is 21.3 Å². The highest BCUT2D eigenvalue weighted by Gasteiger charge is 2.34. The van der Waals surface area contributed by atoms with Crippen LogP contribution in [0.3, 0.4) is 0 Å². The van der Waals surface area contributed by atoms with Gasteiger partial charge in [0, 0.05) is 52.3 Å². The topological polar surface area (TPSA) is 170 Å². The Kier molecular flexibility index (Phi) is 13.3. The van der Waals surface area contributed by atoms with Crippen molar-refractivity contribution in [2.24, 2.45) is 5.73 Å². The molecule has 10 heteroatoms. The number of carboxylic acid groups (broad SMARTS) is 1. The van der Waals surface area contributed by atoms with Gasteiger partial charge in [-0.25, -0.2) is 9.59 Å². The molecule has 1 atom stereocenters. The normalized spacial score (nSPS) is 11.7. The number of amides is 2. The summed E-state index contributed by atoms with van der Waals surface area (Å²) in [5.41, 5.74) is 18.8. The third-order valence-corrected chi connectivity index (χ3v) is 10.3. The number of ether oxygens (including phenoxy) is 1. The first-order valence-corrected chi connectivity index (χ1v) is 19.3. The molecule has 60 heavy (non-hydrogen) atoms. The Labute approximate surface area is 348 Å². The molecular weight excluding hydrogens is 755 g/mol. The number of carboxylic acids is 1. The monoisotopic (exact) mass is 797 g/mol. The number of benzene rings is 6. The molecule has 0 saturated heterocycles. The molecule has 300 valence electrons. The Balaban J connectivity index is 0.00000114. The number of aliphatic carboxylic acids is 1. The van der Waals surface area contributed by atoms with Crippen LogP contribution in [0.25, 0.3) is 22.3 Å². The van der Waals surface area contributed by atoms with E-state index in [1.54, 1.807) is 91.9 Å². The molecule has 2 amide bonds. The summed E-state index contributed by atoms with van der Waals surface area (Å²) in [7, 11) is 0. The molecule has 5 N–H and O–H groups in total. The van der Waals surface area contributed by atoms with Gasteiger partial charge in [0.15, 0.2) is 11.6 Å². The molecule has 0 aromatic heterocycles. The maximum absolute atomic E-state index is 13.9. The zero-order chi connectivity index (χ0) is 42.8. The summed E-state index contributed by atoms with van der Waals surface area (Å²) in [6.07, 6.45) is 5.01. The number of primary amides is 1. The van der Waals surface area contributed by atoms with Gasteiger partial charge >= 0.3 is 12.1 Å². The minimum atomic E-state index is -1.46. The van der Waals surface area contributed by atoms with Crippen LogP contribution in [0.2, 0.25) is 0 Å². The van der Waals surface area contributed by atoms with Crippen molar-refractivity contribution in [1.29, 1.82) is 0 Å². The molecule has 6 aromatic rings. The average Bonchev–Trinajstić information content (AvgIpc) is 3.60. The predicted molar refractivity (Wildman–Crippen MR) is 231 cm³/mol. The Morgan fingerprint density at radius 3 is 1.73 bits per heavy atom. The molecule has 0 unspecified atom stereocenters. The number of nitrogens with zero attached hydrogens (tertiary/aromatic N) is 1. The van der Waals surface area contributed by atoms with Crippen LogP contribution < -0.4 is 11.5 Å². The molecule has 0 fully saturated rings. The Hall–Kier alpha value is -7.77. The van der Waals surface area contributed by atoms with E-state index in [-0.39, 0.29) is 48.7 Å². The van der Waals surface area contributed by atoms with Crippen molar-refractivity contribution >= 4 is 35.2 Å². The van der Waals surface area contributed by atoms with Crippen LogP contribution in [0.1, 0.15) is 67.8 Å². The molecule has 10 nitrogen and oxygen atoms in total. The van der Waals surface area contributed by atoms with E-state index < -0.39 is 18.1 Å². The van der Waals surface area contributed by atoms with E-state index in [0.717, 1.165) is 27.2 Å². The first-order chi connectivity index (χ1) is 29.0. The van der Waals surface area contributed by atoms with Gasteiger partial charge in [-0.15, -0.1) is 6.42 Å². The van der Waals surface area contributed by atoms with E-state index in [4.69, 9.17) is 16.9 Å². The van der Waals surface area contributed by atoms with E-state index in [0.29, 0.717) is 45.4 Å². The lowest BCUT2D eigenvalue weighted by Gasteiger charge is -2.28. The molecule has 0 saturated carbocycles. The van der Waals surface area contributed by atoms with Crippen molar-refractivity contribution < 1.29 is 33.8 Å². The Morgan fingerprint density at radius 1 is 0.717 bits per heavy atom. The van der Waals surface area contributed by atoms with Gasteiger partial charge in [-0.2, -0.15) is 0 Å². The fraction of sp³-hybridized carbons (Fsp3) is 0.140. The lowest BCUT2D eigenvalue weighted by atomic mass is 9.88. The number of terminal acetylenes is 1. The zero-order valence-corrected chi connectivity index (χ0v) is 32.9. The summed E-state index contributed by atoms with van der Waals surface area (Å²) in [6, 6.07) is 41.9. The lowest BCUT2D eigenvalue weighted by molar-refractivity contribution is -0.142. The number of hydrogen-bond acceptors (Lipinski definition) is 7. The standard InChI is InChI=1S/C47H36N2O6.C3H7NO/c1-2-27-49(47(54)55-29-40-37-19-11-9-17-35(37)36-18-10-12-20-38(36)40)41(46(52)53)28-34-25-26-39(45(51)32-15-7-4-8-16-32)42(43(34)48)30-21-23-33(24-22-30)44(50)31-13-5-3-6-14-31;1-2-3(4)5/h1,3-26,40-41H,27-29,48H2,(H,52,53);2H2,1H3,(H2,4,5)/t41-;/m0./s1. The van der Waals surface area contributed by atoms with Crippen LogP contribution in [0.4, 0.5) is 10.5 Å². The first kappa shape index (κ1) is 41.9. The zero-order valence-electron chi connectivity index (χ0n) is 32.9. The largest absolute Gasteiger partial charge is 0.480 e. The minimum absolute atomic E-state index is 0.0222. The number of hydrogen-bond donors (Lipinski definition) is 3. The number of fused-ring (bicyclic) bond motifs is 3. The van der Waals surface area contributed by atoms with Crippen LogP contribution in [-0.4, -0.2) is 58.7 Å². The van der Waals surface area contributed by atoms with E-state index in [1.165, 1.54) is 0 Å². The summed E-state index contributed by atoms with van der Waals surface area (Å²) in [5, 5.41) is 10.5. The van der Waals surface area contributed by atoms with E-state index in [2.05, 4.69) is 11.7 Å². The number of carbonyl (C=O) groups excluding carboxylic acids is 4. The summed E-state index contributed by atoms with van der Waals surface area (Å²) < 4.78 is 5.83. The van der Waals surface area contributed by atoms with Crippen LogP contribution in [0, 0.1) is 12.3 Å². The average molecular weight is 798 g/mol.